The highest BCUT2D eigenvalue weighted by molar-refractivity contribution is 8.01. The van der Waals surface area contributed by atoms with Crippen LogP contribution >= 0.6 is 23.1 Å². The van der Waals surface area contributed by atoms with Crippen LogP contribution in [0.3, 0.4) is 0 Å². The van der Waals surface area contributed by atoms with E-state index in [0.717, 1.165) is 38.5 Å². The van der Waals surface area contributed by atoms with Gasteiger partial charge in [0.05, 0.1) is 15.1 Å². The zero-order valence-corrected chi connectivity index (χ0v) is 15.6. The molecular formula is C16H14F2N2O2S3. The van der Waals surface area contributed by atoms with E-state index in [4.69, 9.17) is 0 Å². The molecule has 4 nitrogen and oxygen atoms in total. The van der Waals surface area contributed by atoms with E-state index in [9.17, 15) is 17.2 Å². The van der Waals surface area contributed by atoms with E-state index in [0.29, 0.717) is 0 Å². The highest BCUT2D eigenvalue weighted by Crippen LogP contribution is 2.30. The molecule has 0 spiro atoms. The van der Waals surface area contributed by atoms with Crippen molar-refractivity contribution in [3.63, 3.8) is 0 Å². The standard InChI is InChI=1S/C16H14F2N2O2S3/c1-2-23-16-20-14-6-4-12(8-15(14)24-16)25(21,22)19-9-10-7-11(17)3-5-13(10)18/h3-8,19H,2,9H2,1H3. The lowest BCUT2D eigenvalue weighted by molar-refractivity contribution is 0.567. The van der Waals surface area contributed by atoms with Gasteiger partial charge < -0.3 is 0 Å². The molecule has 0 aliphatic rings. The van der Waals surface area contributed by atoms with Gasteiger partial charge in [0.25, 0.3) is 0 Å². The number of thioether (sulfide) groups is 1. The maximum atomic E-state index is 13.6. The summed E-state index contributed by atoms with van der Waals surface area (Å²) in [7, 11) is -3.85. The number of rotatable bonds is 6. The Morgan fingerprint density at radius 3 is 2.76 bits per heavy atom. The molecule has 0 fully saturated rings. The van der Waals surface area contributed by atoms with Crippen molar-refractivity contribution in [3.05, 3.63) is 53.6 Å². The van der Waals surface area contributed by atoms with Crippen LogP contribution in [0.4, 0.5) is 8.78 Å². The van der Waals surface area contributed by atoms with E-state index >= 15 is 0 Å². The molecule has 0 atom stereocenters. The number of aromatic nitrogens is 1. The molecule has 0 saturated heterocycles. The molecule has 3 rings (SSSR count). The van der Waals surface area contributed by atoms with Gasteiger partial charge in [0.1, 0.15) is 11.6 Å². The third-order valence-corrected chi connectivity index (χ3v) is 6.82. The molecule has 0 unspecified atom stereocenters. The van der Waals surface area contributed by atoms with E-state index < -0.39 is 21.7 Å². The minimum atomic E-state index is -3.85. The molecular weight excluding hydrogens is 386 g/mol. The highest BCUT2D eigenvalue weighted by Gasteiger charge is 2.17. The second-order valence-corrected chi connectivity index (χ2v) is 9.41. The molecule has 1 aromatic heterocycles. The van der Waals surface area contributed by atoms with E-state index in [2.05, 4.69) is 9.71 Å². The minimum Gasteiger partial charge on any atom is -0.230 e. The fourth-order valence-corrected chi connectivity index (χ4v) is 5.28. The van der Waals surface area contributed by atoms with Crippen LogP contribution in [0, 0.1) is 11.6 Å². The molecule has 0 bridgehead atoms. The number of hydrogen-bond acceptors (Lipinski definition) is 5. The van der Waals surface area contributed by atoms with Crippen LogP contribution in [0.2, 0.25) is 0 Å². The predicted octanol–water partition coefficient (Wildman–Crippen LogP) is 4.17. The summed E-state index contributed by atoms with van der Waals surface area (Å²) < 4.78 is 55.6. The van der Waals surface area contributed by atoms with Crippen LogP contribution in [0.15, 0.2) is 45.6 Å². The Kier molecular flexibility index (Phi) is 5.38. The number of halogens is 2. The lowest BCUT2D eigenvalue weighted by Crippen LogP contribution is -2.23. The highest BCUT2D eigenvalue weighted by atomic mass is 32.2. The molecule has 132 valence electrons. The molecule has 0 aliphatic carbocycles. The summed E-state index contributed by atoms with van der Waals surface area (Å²) in [6.07, 6.45) is 0. The van der Waals surface area contributed by atoms with Gasteiger partial charge in [-0.25, -0.2) is 26.9 Å². The van der Waals surface area contributed by atoms with E-state index in [1.165, 1.54) is 23.5 Å². The van der Waals surface area contributed by atoms with Crippen molar-refractivity contribution in [1.29, 1.82) is 0 Å². The number of hydrogen-bond donors (Lipinski definition) is 1. The molecule has 1 N–H and O–H groups in total. The third-order valence-electron chi connectivity index (χ3n) is 3.38. The van der Waals surface area contributed by atoms with E-state index in [-0.39, 0.29) is 17.0 Å². The first-order valence-corrected chi connectivity index (χ1v) is 10.6. The van der Waals surface area contributed by atoms with Crippen LogP contribution in [0.5, 0.6) is 0 Å². The van der Waals surface area contributed by atoms with Crippen molar-refractivity contribution >= 4 is 43.3 Å². The molecule has 1 heterocycles. The summed E-state index contributed by atoms with van der Waals surface area (Å²) >= 11 is 3.01. The van der Waals surface area contributed by atoms with Crippen LogP contribution in [-0.4, -0.2) is 19.2 Å². The average Bonchev–Trinajstić information content (AvgIpc) is 2.97. The Morgan fingerprint density at radius 2 is 2.00 bits per heavy atom. The molecule has 0 aliphatic heterocycles. The second-order valence-electron chi connectivity index (χ2n) is 5.10. The zero-order chi connectivity index (χ0) is 18.0. The smallest absolute Gasteiger partial charge is 0.230 e. The maximum absolute atomic E-state index is 13.6. The molecule has 25 heavy (non-hydrogen) atoms. The van der Waals surface area contributed by atoms with Gasteiger partial charge in [0, 0.05) is 12.1 Å². The molecule has 0 amide bonds. The Balaban J connectivity index is 1.84. The van der Waals surface area contributed by atoms with Gasteiger partial charge in [-0.1, -0.05) is 18.7 Å². The molecule has 3 aromatic rings. The number of sulfonamides is 1. The summed E-state index contributed by atoms with van der Waals surface area (Å²) in [5.74, 6) is -0.406. The Labute approximate surface area is 152 Å². The van der Waals surface area contributed by atoms with Crippen molar-refractivity contribution in [2.45, 2.75) is 22.7 Å². The Bertz CT molecular complexity index is 1020. The number of fused-ring (bicyclic) bond motifs is 1. The topological polar surface area (TPSA) is 59.1 Å². The lowest BCUT2D eigenvalue weighted by atomic mass is 10.2. The van der Waals surface area contributed by atoms with Crippen LogP contribution in [0.1, 0.15) is 12.5 Å². The molecule has 9 heteroatoms. The minimum absolute atomic E-state index is 0.0518. The fourth-order valence-electron chi connectivity index (χ4n) is 2.17. The van der Waals surface area contributed by atoms with Crippen molar-refractivity contribution in [1.82, 2.24) is 9.71 Å². The van der Waals surface area contributed by atoms with Crippen LogP contribution in [0.25, 0.3) is 10.2 Å². The van der Waals surface area contributed by atoms with Crippen molar-refractivity contribution in [2.75, 3.05) is 5.75 Å². The monoisotopic (exact) mass is 400 g/mol. The first-order valence-electron chi connectivity index (χ1n) is 7.36. The average molecular weight is 400 g/mol. The van der Waals surface area contributed by atoms with Crippen molar-refractivity contribution in [3.8, 4) is 0 Å². The Hall–Kier alpha value is -1.55. The first-order chi connectivity index (χ1) is 11.9. The maximum Gasteiger partial charge on any atom is 0.240 e. The van der Waals surface area contributed by atoms with Crippen molar-refractivity contribution < 1.29 is 17.2 Å². The first kappa shape index (κ1) is 18.2. The Morgan fingerprint density at radius 1 is 1.20 bits per heavy atom. The van der Waals surface area contributed by atoms with Gasteiger partial charge in [0.2, 0.25) is 10.0 Å². The SMILES string of the molecule is CCSc1nc2ccc(S(=O)(=O)NCc3cc(F)ccc3F)cc2s1. The van der Waals surface area contributed by atoms with E-state index in [1.54, 1.807) is 17.8 Å². The lowest BCUT2D eigenvalue weighted by Gasteiger charge is -2.08. The summed E-state index contributed by atoms with van der Waals surface area (Å²) in [6.45, 7) is 1.69. The van der Waals surface area contributed by atoms with Gasteiger partial charge in [-0.3, -0.25) is 0 Å². The summed E-state index contributed by atoms with van der Waals surface area (Å²) in [4.78, 5) is 4.48. The summed E-state index contributed by atoms with van der Waals surface area (Å²) in [5.41, 5.74) is 0.681. The summed E-state index contributed by atoms with van der Waals surface area (Å²) in [5, 5.41) is 0. The predicted molar refractivity (Wildman–Crippen MR) is 96.4 cm³/mol. The van der Waals surface area contributed by atoms with Gasteiger partial charge in [-0.2, -0.15) is 0 Å². The fraction of sp³-hybridized carbons (Fsp3) is 0.188. The number of nitrogens with zero attached hydrogens (tertiary/aromatic N) is 1. The largest absolute Gasteiger partial charge is 0.240 e. The van der Waals surface area contributed by atoms with Crippen LogP contribution < -0.4 is 4.72 Å². The quantitative estimate of drug-likeness (QED) is 0.631. The number of thiazole rings is 1. The third kappa shape index (κ3) is 4.17. The number of nitrogens with one attached hydrogen (secondary N) is 1. The second kappa shape index (κ2) is 7.36. The molecule has 0 saturated carbocycles. The van der Waals surface area contributed by atoms with E-state index in [1.807, 2.05) is 6.92 Å². The number of benzene rings is 2. The van der Waals surface area contributed by atoms with Gasteiger partial charge in [0.15, 0.2) is 4.34 Å². The zero-order valence-electron chi connectivity index (χ0n) is 13.1. The van der Waals surface area contributed by atoms with Gasteiger partial charge in [-0.15, -0.1) is 11.3 Å². The summed E-state index contributed by atoms with van der Waals surface area (Å²) in [6, 6.07) is 7.55. The van der Waals surface area contributed by atoms with Gasteiger partial charge in [-0.05, 0) is 42.2 Å². The normalized spacial score (nSPS) is 12.0. The van der Waals surface area contributed by atoms with Gasteiger partial charge >= 0.3 is 0 Å². The molecule has 0 radical (unpaired) electrons. The van der Waals surface area contributed by atoms with Crippen LogP contribution in [-0.2, 0) is 16.6 Å². The molecule has 2 aromatic carbocycles. The van der Waals surface area contributed by atoms with Crippen molar-refractivity contribution in [2.24, 2.45) is 0 Å².